The van der Waals surface area contributed by atoms with Gasteiger partial charge in [0.25, 0.3) is 0 Å². The van der Waals surface area contributed by atoms with Gasteiger partial charge in [-0.15, -0.1) is 0 Å². The van der Waals surface area contributed by atoms with Gasteiger partial charge in [-0.05, 0) is 19.8 Å². The Bertz CT molecular complexity index is 115. The second kappa shape index (κ2) is 1.37. The van der Waals surface area contributed by atoms with Crippen LogP contribution in [0, 0.1) is 0 Å². The molecular weight excluding hydrogens is 108 g/mol. The van der Waals surface area contributed by atoms with Crippen LogP contribution in [0.15, 0.2) is 0 Å². The summed E-state index contributed by atoms with van der Waals surface area (Å²) in [7, 11) is 0. The summed E-state index contributed by atoms with van der Waals surface area (Å²) in [5.74, 6) is 0. The van der Waals surface area contributed by atoms with E-state index in [1.165, 1.54) is 0 Å². The molecule has 0 bridgehead atoms. The molecule has 3 nitrogen and oxygen atoms in total. The van der Waals surface area contributed by atoms with Crippen LogP contribution in [0.3, 0.4) is 0 Å². The van der Waals surface area contributed by atoms with E-state index in [1.54, 1.807) is 6.92 Å². The van der Waals surface area contributed by atoms with Crippen LogP contribution in [0.5, 0.6) is 0 Å². The molecule has 0 unspecified atom stereocenters. The largest absolute Gasteiger partial charge is 0.506 e. The van der Waals surface area contributed by atoms with E-state index in [-0.39, 0.29) is 5.60 Å². The highest BCUT2D eigenvalue weighted by Gasteiger charge is 2.41. The maximum Gasteiger partial charge on any atom is 0.506 e. The van der Waals surface area contributed by atoms with E-state index in [4.69, 9.17) is 5.11 Å². The van der Waals surface area contributed by atoms with E-state index >= 15 is 0 Å². The third-order valence-corrected chi connectivity index (χ3v) is 1.29. The average molecular weight is 116 g/mol. The summed E-state index contributed by atoms with van der Waals surface area (Å²) in [5.41, 5.74) is -0.328. The Labute approximate surface area is 47.3 Å². The first kappa shape index (κ1) is 5.41. The zero-order chi connectivity index (χ0) is 6.20. The van der Waals surface area contributed by atoms with Crippen LogP contribution in [0.4, 0.5) is 4.79 Å². The molecule has 1 N–H and O–H groups in total. The van der Waals surface area contributed by atoms with Gasteiger partial charge < -0.3 is 9.84 Å². The van der Waals surface area contributed by atoms with Crippen molar-refractivity contribution in [1.82, 2.24) is 0 Å². The van der Waals surface area contributed by atoms with Gasteiger partial charge in [0.1, 0.15) is 5.60 Å². The molecule has 0 heterocycles. The lowest BCUT2D eigenvalue weighted by Crippen LogP contribution is -2.12. The Balaban J connectivity index is 2.29. The predicted molar refractivity (Wildman–Crippen MR) is 26.7 cm³/mol. The average Bonchev–Trinajstić information content (AvgIpc) is 2.17. The van der Waals surface area contributed by atoms with Crippen LogP contribution in [0.25, 0.3) is 0 Å². The molecule has 8 heavy (non-hydrogen) atoms. The van der Waals surface area contributed by atoms with E-state index < -0.39 is 6.16 Å². The van der Waals surface area contributed by atoms with Gasteiger partial charge in [-0.2, -0.15) is 0 Å². The number of carbonyl (C=O) groups is 1. The van der Waals surface area contributed by atoms with Crippen LogP contribution in [-0.2, 0) is 4.74 Å². The van der Waals surface area contributed by atoms with Crippen molar-refractivity contribution in [1.29, 1.82) is 0 Å². The molecule has 0 amide bonds. The molecule has 0 radical (unpaired) electrons. The van der Waals surface area contributed by atoms with Crippen molar-refractivity contribution >= 4 is 6.16 Å². The van der Waals surface area contributed by atoms with Crippen molar-refractivity contribution in [2.45, 2.75) is 25.4 Å². The molecule has 0 aromatic heterocycles. The Morgan fingerprint density at radius 3 is 2.38 bits per heavy atom. The Morgan fingerprint density at radius 2 is 2.25 bits per heavy atom. The number of rotatable bonds is 1. The topological polar surface area (TPSA) is 46.5 Å². The molecule has 1 aliphatic rings. The molecular formula is C5H8O3. The number of hydrogen-bond donors (Lipinski definition) is 1. The first-order valence-corrected chi connectivity index (χ1v) is 2.54. The molecule has 0 aliphatic heterocycles. The Morgan fingerprint density at radius 1 is 1.75 bits per heavy atom. The molecule has 0 saturated heterocycles. The fourth-order valence-electron chi connectivity index (χ4n) is 0.489. The fraction of sp³-hybridized carbons (Fsp3) is 0.800. The summed E-state index contributed by atoms with van der Waals surface area (Å²) in [4.78, 5) is 9.83. The van der Waals surface area contributed by atoms with E-state index in [0.717, 1.165) is 12.8 Å². The molecule has 46 valence electrons. The van der Waals surface area contributed by atoms with Crippen molar-refractivity contribution in [3.05, 3.63) is 0 Å². The molecule has 0 aromatic rings. The third-order valence-electron chi connectivity index (χ3n) is 1.29. The lowest BCUT2D eigenvalue weighted by atomic mass is 10.4. The van der Waals surface area contributed by atoms with Crippen LogP contribution in [-0.4, -0.2) is 16.9 Å². The van der Waals surface area contributed by atoms with Crippen LogP contribution in [0.1, 0.15) is 19.8 Å². The highest BCUT2D eigenvalue weighted by molar-refractivity contribution is 5.58. The first-order chi connectivity index (χ1) is 3.62. The SMILES string of the molecule is CC1(OC(=O)O)CC1. The van der Waals surface area contributed by atoms with Crippen LogP contribution in [0.2, 0.25) is 0 Å². The molecule has 0 aromatic carbocycles. The highest BCUT2D eigenvalue weighted by atomic mass is 16.7. The Hall–Kier alpha value is -0.730. The van der Waals surface area contributed by atoms with Crippen molar-refractivity contribution in [2.75, 3.05) is 0 Å². The summed E-state index contributed by atoms with van der Waals surface area (Å²) in [6.45, 7) is 1.79. The minimum absolute atomic E-state index is 0.328. The van der Waals surface area contributed by atoms with Gasteiger partial charge in [0.2, 0.25) is 0 Å². The fourth-order valence-corrected chi connectivity index (χ4v) is 0.489. The lowest BCUT2D eigenvalue weighted by molar-refractivity contribution is 0.0478. The minimum atomic E-state index is -1.16. The van der Waals surface area contributed by atoms with Crippen molar-refractivity contribution in [3.63, 3.8) is 0 Å². The Kier molecular flexibility index (Phi) is 0.927. The van der Waals surface area contributed by atoms with Crippen molar-refractivity contribution in [2.24, 2.45) is 0 Å². The summed E-state index contributed by atoms with van der Waals surface area (Å²) in [5, 5.41) is 8.07. The molecule has 1 saturated carbocycles. The molecule has 0 atom stereocenters. The smallest absolute Gasteiger partial charge is 0.450 e. The van der Waals surface area contributed by atoms with Crippen molar-refractivity contribution in [3.8, 4) is 0 Å². The number of carboxylic acid groups (broad SMARTS) is 1. The second-order valence-electron chi connectivity index (χ2n) is 2.32. The first-order valence-electron chi connectivity index (χ1n) is 2.54. The molecule has 1 rings (SSSR count). The maximum absolute atomic E-state index is 9.83. The van der Waals surface area contributed by atoms with Gasteiger partial charge in [-0.25, -0.2) is 4.79 Å². The second-order valence-corrected chi connectivity index (χ2v) is 2.32. The van der Waals surface area contributed by atoms with Gasteiger partial charge in [-0.3, -0.25) is 0 Å². The van der Waals surface area contributed by atoms with Gasteiger partial charge in [0.05, 0.1) is 0 Å². The highest BCUT2D eigenvalue weighted by Crippen LogP contribution is 2.38. The molecule has 3 heteroatoms. The maximum atomic E-state index is 9.83. The van der Waals surface area contributed by atoms with Crippen molar-refractivity contribution < 1.29 is 14.6 Å². The van der Waals surface area contributed by atoms with Crippen LogP contribution >= 0.6 is 0 Å². The van der Waals surface area contributed by atoms with Gasteiger partial charge in [0, 0.05) is 0 Å². The van der Waals surface area contributed by atoms with Crippen LogP contribution < -0.4 is 0 Å². The van der Waals surface area contributed by atoms with E-state index in [9.17, 15) is 4.79 Å². The quantitative estimate of drug-likeness (QED) is 0.524. The third kappa shape index (κ3) is 1.12. The van der Waals surface area contributed by atoms with Gasteiger partial charge >= 0.3 is 6.16 Å². The molecule has 0 spiro atoms. The van der Waals surface area contributed by atoms with Gasteiger partial charge in [0.15, 0.2) is 0 Å². The normalized spacial score (nSPS) is 22.1. The van der Waals surface area contributed by atoms with E-state index in [2.05, 4.69) is 4.74 Å². The predicted octanol–water partition coefficient (Wildman–Crippen LogP) is 1.23. The summed E-state index contributed by atoms with van der Waals surface area (Å²) < 4.78 is 4.47. The van der Waals surface area contributed by atoms with E-state index in [0.29, 0.717) is 0 Å². The monoisotopic (exact) mass is 116 g/mol. The zero-order valence-corrected chi connectivity index (χ0v) is 4.68. The lowest BCUT2D eigenvalue weighted by Gasteiger charge is -2.04. The summed E-state index contributed by atoms with van der Waals surface area (Å²) >= 11 is 0. The minimum Gasteiger partial charge on any atom is -0.450 e. The van der Waals surface area contributed by atoms with E-state index in [1.807, 2.05) is 0 Å². The zero-order valence-electron chi connectivity index (χ0n) is 4.68. The molecule has 1 aliphatic carbocycles. The number of hydrogen-bond acceptors (Lipinski definition) is 2. The van der Waals surface area contributed by atoms with Gasteiger partial charge in [-0.1, -0.05) is 0 Å². The molecule has 1 fully saturated rings. The number of ether oxygens (including phenoxy) is 1. The summed E-state index contributed by atoms with van der Waals surface area (Å²) in [6, 6.07) is 0. The summed E-state index contributed by atoms with van der Waals surface area (Å²) in [6.07, 6.45) is 0.587. The standard InChI is InChI=1S/C5H8O3/c1-5(2-3-5)8-4(6)7/h2-3H2,1H3,(H,6,7).